The SMILES string of the molecule is CC(C)CCNc1nc(C(=O)OC(C(=O)NC(N)=O)C(C)C)cs1. The van der Waals surface area contributed by atoms with Crippen LogP contribution in [-0.2, 0) is 9.53 Å². The number of carbonyl (C=O) groups is 3. The van der Waals surface area contributed by atoms with E-state index in [4.69, 9.17) is 10.5 Å². The molecule has 0 aliphatic rings. The fraction of sp³-hybridized carbons (Fsp3) is 0.600. The average Bonchev–Trinajstić information content (AvgIpc) is 2.91. The number of hydrogen-bond donors (Lipinski definition) is 3. The van der Waals surface area contributed by atoms with E-state index in [1.54, 1.807) is 19.2 Å². The monoisotopic (exact) mass is 356 g/mol. The van der Waals surface area contributed by atoms with Crippen molar-refractivity contribution in [1.82, 2.24) is 10.3 Å². The van der Waals surface area contributed by atoms with Gasteiger partial charge in [-0.25, -0.2) is 14.6 Å². The summed E-state index contributed by atoms with van der Waals surface area (Å²) in [7, 11) is 0. The van der Waals surface area contributed by atoms with Crippen molar-refractivity contribution in [3.8, 4) is 0 Å². The minimum atomic E-state index is -1.12. The molecule has 1 unspecified atom stereocenters. The third kappa shape index (κ3) is 6.53. The number of carbonyl (C=O) groups excluding carboxylic acids is 3. The summed E-state index contributed by atoms with van der Waals surface area (Å²) in [6, 6.07) is -0.994. The number of nitrogens with two attached hydrogens (primary N) is 1. The van der Waals surface area contributed by atoms with E-state index in [0.717, 1.165) is 13.0 Å². The molecule has 1 aromatic heterocycles. The summed E-state index contributed by atoms with van der Waals surface area (Å²) in [5.74, 6) is -1.23. The lowest BCUT2D eigenvalue weighted by molar-refractivity contribution is -0.130. The molecule has 0 bridgehead atoms. The number of rotatable bonds is 8. The van der Waals surface area contributed by atoms with Crippen LogP contribution < -0.4 is 16.4 Å². The van der Waals surface area contributed by atoms with Gasteiger partial charge in [-0.2, -0.15) is 0 Å². The second-order valence-electron chi connectivity index (χ2n) is 6.07. The number of nitrogens with one attached hydrogen (secondary N) is 2. The van der Waals surface area contributed by atoms with Crippen LogP contribution in [-0.4, -0.2) is 35.5 Å². The largest absolute Gasteiger partial charge is 0.447 e. The first kappa shape index (κ1) is 19.9. The van der Waals surface area contributed by atoms with E-state index in [1.807, 2.05) is 5.32 Å². The number of nitrogens with zero attached hydrogens (tertiary/aromatic N) is 1. The summed E-state index contributed by atoms with van der Waals surface area (Å²) < 4.78 is 5.17. The van der Waals surface area contributed by atoms with Gasteiger partial charge < -0.3 is 15.8 Å². The summed E-state index contributed by atoms with van der Waals surface area (Å²) in [5, 5.41) is 7.23. The molecule has 1 rings (SSSR count). The minimum Gasteiger partial charge on any atom is -0.447 e. The van der Waals surface area contributed by atoms with Gasteiger partial charge in [0, 0.05) is 11.9 Å². The average molecular weight is 356 g/mol. The predicted molar refractivity (Wildman–Crippen MR) is 91.8 cm³/mol. The summed E-state index contributed by atoms with van der Waals surface area (Å²) in [6.07, 6.45) is -0.133. The number of esters is 1. The van der Waals surface area contributed by atoms with Crippen LogP contribution in [0.3, 0.4) is 0 Å². The van der Waals surface area contributed by atoms with E-state index < -0.39 is 24.0 Å². The number of imide groups is 1. The Hall–Kier alpha value is -2.16. The van der Waals surface area contributed by atoms with E-state index in [9.17, 15) is 14.4 Å². The topological polar surface area (TPSA) is 123 Å². The molecule has 1 heterocycles. The highest BCUT2D eigenvalue weighted by atomic mass is 32.1. The number of primary amides is 1. The summed E-state index contributed by atoms with van der Waals surface area (Å²) >= 11 is 1.29. The molecule has 24 heavy (non-hydrogen) atoms. The molecule has 0 radical (unpaired) electrons. The van der Waals surface area contributed by atoms with Crippen molar-refractivity contribution in [3.05, 3.63) is 11.1 Å². The third-order valence-electron chi connectivity index (χ3n) is 3.06. The maximum atomic E-state index is 12.1. The molecule has 134 valence electrons. The Morgan fingerprint density at radius 1 is 1.29 bits per heavy atom. The zero-order valence-corrected chi connectivity index (χ0v) is 15.1. The number of anilines is 1. The van der Waals surface area contributed by atoms with Gasteiger partial charge in [0.1, 0.15) is 0 Å². The van der Waals surface area contributed by atoms with Crippen molar-refractivity contribution < 1.29 is 19.1 Å². The molecule has 0 spiro atoms. The number of hydrogen-bond acceptors (Lipinski definition) is 7. The van der Waals surface area contributed by atoms with E-state index >= 15 is 0 Å². The molecule has 1 atom stereocenters. The van der Waals surface area contributed by atoms with Gasteiger partial charge in [0.15, 0.2) is 16.9 Å². The van der Waals surface area contributed by atoms with Crippen molar-refractivity contribution in [2.24, 2.45) is 17.6 Å². The lowest BCUT2D eigenvalue weighted by Crippen LogP contribution is -2.45. The van der Waals surface area contributed by atoms with E-state index in [2.05, 4.69) is 24.1 Å². The maximum absolute atomic E-state index is 12.1. The fourth-order valence-corrected chi connectivity index (χ4v) is 2.49. The molecule has 0 saturated carbocycles. The molecular weight excluding hydrogens is 332 g/mol. The van der Waals surface area contributed by atoms with Gasteiger partial charge >= 0.3 is 12.0 Å². The normalized spacial score (nSPS) is 12.1. The Labute approximate surface area is 145 Å². The smallest absolute Gasteiger partial charge is 0.358 e. The minimum absolute atomic E-state index is 0.115. The second kappa shape index (κ2) is 9.21. The summed E-state index contributed by atoms with van der Waals surface area (Å²) in [6.45, 7) is 8.39. The molecule has 0 saturated heterocycles. The lowest BCUT2D eigenvalue weighted by atomic mass is 10.1. The number of ether oxygens (including phenoxy) is 1. The van der Waals surface area contributed by atoms with Crippen LogP contribution in [0.15, 0.2) is 5.38 Å². The van der Waals surface area contributed by atoms with Gasteiger partial charge in [-0.15, -0.1) is 11.3 Å². The predicted octanol–water partition coefficient (Wildman–Crippen LogP) is 1.98. The Bertz CT molecular complexity index is 586. The standard InChI is InChI=1S/C15H24N4O4S/c1-8(2)5-6-17-15-18-10(7-24-15)13(21)23-11(9(3)4)12(20)19-14(16)22/h7-9,11H,5-6H2,1-4H3,(H,17,18)(H3,16,19,20,22). The van der Waals surface area contributed by atoms with E-state index in [1.165, 1.54) is 11.3 Å². The molecule has 0 fully saturated rings. The van der Waals surface area contributed by atoms with Crippen LogP contribution in [0, 0.1) is 11.8 Å². The van der Waals surface area contributed by atoms with Gasteiger partial charge in [-0.05, 0) is 18.3 Å². The van der Waals surface area contributed by atoms with Crippen molar-refractivity contribution in [1.29, 1.82) is 0 Å². The van der Waals surface area contributed by atoms with Gasteiger partial charge in [-0.3, -0.25) is 10.1 Å². The molecule has 0 aliphatic carbocycles. The van der Waals surface area contributed by atoms with Crippen molar-refractivity contribution in [2.75, 3.05) is 11.9 Å². The van der Waals surface area contributed by atoms with Crippen molar-refractivity contribution in [2.45, 2.75) is 40.2 Å². The van der Waals surface area contributed by atoms with Crippen molar-refractivity contribution >= 4 is 34.4 Å². The van der Waals surface area contributed by atoms with Crippen LogP contribution in [0.1, 0.15) is 44.6 Å². The number of aromatic nitrogens is 1. The number of urea groups is 1. The van der Waals surface area contributed by atoms with Crippen LogP contribution in [0.4, 0.5) is 9.93 Å². The highest BCUT2D eigenvalue weighted by Gasteiger charge is 2.28. The van der Waals surface area contributed by atoms with Crippen LogP contribution in [0.25, 0.3) is 0 Å². The van der Waals surface area contributed by atoms with E-state index in [0.29, 0.717) is 11.0 Å². The first-order valence-corrected chi connectivity index (χ1v) is 8.59. The molecule has 0 aromatic carbocycles. The Balaban J connectivity index is 2.66. The molecule has 8 nitrogen and oxygen atoms in total. The van der Waals surface area contributed by atoms with Crippen molar-refractivity contribution in [3.63, 3.8) is 0 Å². The van der Waals surface area contributed by atoms with Gasteiger partial charge in [0.25, 0.3) is 5.91 Å². The Morgan fingerprint density at radius 2 is 1.96 bits per heavy atom. The number of thiazole rings is 1. The van der Waals surface area contributed by atoms with Crippen LogP contribution in [0.2, 0.25) is 0 Å². The molecule has 9 heteroatoms. The fourth-order valence-electron chi connectivity index (χ4n) is 1.78. The van der Waals surface area contributed by atoms with Gasteiger partial charge in [0.05, 0.1) is 0 Å². The highest BCUT2D eigenvalue weighted by Crippen LogP contribution is 2.18. The van der Waals surface area contributed by atoms with Gasteiger partial charge in [0.2, 0.25) is 0 Å². The molecule has 4 N–H and O–H groups in total. The van der Waals surface area contributed by atoms with E-state index in [-0.39, 0.29) is 11.6 Å². The maximum Gasteiger partial charge on any atom is 0.358 e. The molecule has 0 aliphatic heterocycles. The molecule has 3 amide bonds. The van der Waals surface area contributed by atoms with Gasteiger partial charge in [-0.1, -0.05) is 27.7 Å². The zero-order chi connectivity index (χ0) is 18.3. The summed E-state index contributed by atoms with van der Waals surface area (Å²) in [5.41, 5.74) is 5.03. The quantitative estimate of drug-likeness (QED) is 0.612. The number of amides is 3. The summed E-state index contributed by atoms with van der Waals surface area (Å²) in [4.78, 5) is 38.9. The van der Waals surface area contributed by atoms with Crippen LogP contribution in [0.5, 0.6) is 0 Å². The molecular formula is C15H24N4O4S. The Kier molecular flexibility index (Phi) is 7.63. The Morgan fingerprint density at radius 3 is 2.50 bits per heavy atom. The lowest BCUT2D eigenvalue weighted by Gasteiger charge is -2.19. The first-order chi connectivity index (χ1) is 11.2. The highest BCUT2D eigenvalue weighted by molar-refractivity contribution is 7.13. The third-order valence-corrected chi connectivity index (χ3v) is 3.86. The second-order valence-corrected chi connectivity index (χ2v) is 6.93. The zero-order valence-electron chi connectivity index (χ0n) is 14.3. The molecule has 1 aromatic rings. The first-order valence-electron chi connectivity index (χ1n) is 7.71. The van der Waals surface area contributed by atoms with Crippen LogP contribution >= 0.6 is 11.3 Å².